The van der Waals surface area contributed by atoms with Crippen molar-refractivity contribution in [1.82, 2.24) is 4.90 Å². The maximum absolute atomic E-state index is 12.2. The number of rotatable bonds is 6. The zero-order valence-corrected chi connectivity index (χ0v) is 15.5. The maximum Gasteiger partial charge on any atom is 0.222 e. The van der Waals surface area contributed by atoms with Crippen LogP contribution in [-0.2, 0) is 28.6 Å². The van der Waals surface area contributed by atoms with E-state index < -0.39 is 10.8 Å². The number of amides is 1. The summed E-state index contributed by atoms with van der Waals surface area (Å²) >= 11 is 0. The standard InChI is InChI=1S/C18H22N2O2S.ClH/c1-20(13-14-7-10-16(11-8-14)23(2)22)18(21)12-9-15-5-3-4-6-17(15)19;/h3-8,10-11H,9,12-13,19H2,1-2H3;1H. The van der Waals surface area contributed by atoms with E-state index in [1.165, 1.54) is 0 Å². The minimum absolute atomic E-state index is 0. The Kier molecular flexibility index (Phi) is 7.95. The van der Waals surface area contributed by atoms with Crippen LogP contribution in [-0.4, -0.2) is 28.3 Å². The second-order valence-electron chi connectivity index (χ2n) is 5.55. The van der Waals surface area contributed by atoms with Crippen LogP contribution in [0.15, 0.2) is 53.4 Å². The molecule has 0 aliphatic rings. The van der Waals surface area contributed by atoms with Crippen molar-refractivity contribution in [2.75, 3.05) is 19.0 Å². The van der Waals surface area contributed by atoms with Gasteiger partial charge in [-0.1, -0.05) is 30.3 Å². The minimum atomic E-state index is -0.978. The van der Waals surface area contributed by atoms with Crippen LogP contribution in [0.2, 0.25) is 0 Å². The predicted molar refractivity (Wildman–Crippen MR) is 102 cm³/mol. The monoisotopic (exact) mass is 366 g/mol. The van der Waals surface area contributed by atoms with Crippen LogP contribution in [0.4, 0.5) is 5.69 Å². The van der Waals surface area contributed by atoms with E-state index in [1.807, 2.05) is 48.5 Å². The summed E-state index contributed by atoms with van der Waals surface area (Å²) < 4.78 is 11.4. The summed E-state index contributed by atoms with van der Waals surface area (Å²) in [5.41, 5.74) is 8.65. The number of para-hydroxylation sites is 1. The highest BCUT2D eigenvalue weighted by atomic mass is 35.5. The van der Waals surface area contributed by atoms with Crippen molar-refractivity contribution in [3.05, 3.63) is 59.7 Å². The molecule has 0 aliphatic carbocycles. The van der Waals surface area contributed by atoms with Gasteiger partial charge in [-0.25, -0.2) is 0 Å². The van der Waals surface area contributed by atoms with Gasteiger partial charge < -0.3 is 10.6 Å². The van der Waals surface area contributed by atoms with E-state index in [1.54, 1.807) is 18.2 Å². The summed E-state index contributed by atoms with van der Waals surface area (Å²) in [5.74, 6) is 0.0800. The molecule has 0 saturated heterocycles. The van der Waals surface area contributed by atoms with E-state index in [9.17, 15) is 9.00 Å². The van der Waals surface area contributed by atoms with Gasteiger partial charge in [0.05, 0.1) is 0 Å². The van der Waals surface area contributed by atoms with Crippen LogP contribution in [0.5, 0.6) is 0 Å². The number of nitrogens with two attached hydrogens (primary N) is 1. The molecule has 1 amide bonds. The molecule has 2 aromatic carbocycles. The fourth-order valence-electron chi connectivity index (χ4n) is 2.34. The van der Waals surface area contributed by atoms with E-state index >= 15 is 0 Å². The highest BCUT2D eigenvalue weighted by Crippen LogP contribution is 2.14. The average molecular weight is 367 g/mol. The number of aryl methyl sites for hydroxylation is 1. The van der Waals surface area contributed by atoms with Crippen molar-refractivity contribution in [2.24, 2.45) is 0 Å². The third-order valence-electron chi connectivity index (χ3n) is 3.76. The molecule has 0 bridgehead atoms. The van der Waals surface area contributed by atoms with Crippen LogP contribution in [0.1, 0.15) is 17.5 Å². The van der Waals surface area contributed by atoms with Gasteiger partial charge in [0.1, 0.15) is 0 Å². The Morgan fingerprint density at radius 2 is 1.75 bits per heavy atom. The zero-order chi connectivity index (χ0) is 16.8. The van der Waals surface area contributed by atoms with Crippen LogP contribution >= 0.6 is 12.4 Å². The number of benzene rings is 2. The maximum atomic E-state index is 12.2. The lowest BCUT2D eigenvalue weighted by Crippen LogP contribution is -2.26. The third kappa shape index (κ3) is 5.65. The number of anilines is 1. The first-order valence-electron chi connectivity index (χ1n) is 7.47. The Labute approximate surface area is 151 Å². The average Bonchev–Trinajstić information content (AvgIpc) is 2.54. The second-order valence-corrected chi connectivity index (χ2v) is 6.93. The number of halogens is 1. The first-order chi connectivity index (χ1) is 11.0. The number of carbonyl (C=O) groups is 1. The van der Waals surface area contributed by atoms with Crippen molar-refractivity contribution in [3.8, 4) is 0 Å². The molecule has 2 N–H and O–H groups in total. The van der Waals surface area contributed by atoms with Crippen molar-refractivity contribution < 1.29 is 9.00 Å². The lowest BCUT2D eigenvalue weighted by molar-refractivity contribution is -0.130. The molecule has 1 atom stereocenters. The Morgan fingerprint density at radius 1 is 1.12 bits per heavy atom. The molecule has 1 unspecified atom stereocenters. The number of carbonyl (C=O) groups excluding carboxylic acids is 1. The first-order valence-corrected chi connectivity index (χ1v) is 9.03. The van der Waals surface area contributed by atoms with Gasteiger partial charge in [0.25, 0.3) is 0 Å². The molecule has 6 heteroatoms. The van der Waals surface area contributed by atoms with Crippen molar-refractivity contribution in [2.45, 2.75) is 24.3 Å². The number of hydrogen-bond acceptors (Lipinski definition) is 3. The molecule has 2 rings (SSSR count). The van der Waals surface area contributed by atoms with Gasteiger partial charge in [-0.2, -0.15) is 0 Å². The van der Waals surface area contributed by atoms with Crippen LogP contribution in [0.25, 0.3) is 0 Å². The van der Waals surface area contributed by atoms with Gasteiger partial charge in [-0.05, 0) is 35.7 Å². The number of nitrogens with zero attached hydrogens (tertiary/aromatic N) is 1. The molecule has 24 heavy (non-hydrogen) atoms. The molecule has 130 valence electrons. The lowest BCUT2D eigenvalue weighted by Gasteiger charge is -2.17. The highest BCUT2D eigenvalue weighted by molar-refractivity contribution is 7.84. The molecule has 0 heterocycles. The summed E-state index contributed by atoms with van der Waals surface area (Å²) in [6, 6.07) is 15.1. The summed E-state index contributed by atoms with van der Waals surface area (Å²) in [5, 5.41) is 0. The third-order valence-corrected chi connectivity index (χ3v) is 4.70. The second kappa shape index (κ2) is 9.45. The van der Waals surface area contributed by atoms with Gasteiger partial charge >= 0.3 is 0 Å². The van der Waals surface area contributed by atoms with Gasteiger partial charge in [-0.3, -0.25) is 9.00 Å². The molecule has 4 nitrogen and oxygen atoms in total. The smallest absolute Gasteiger partial charge is 0.222 e. The molecule has 0 aromatic heterocycles. The Bertz CT molecular complexity index is 704. The van der Waals surface area contributed by atoms with E-state index in [-0.39, 0.29) is 18.3 Å². The molecule has 0 spiro atoms. The highest BCUT2D eigenvalue weighted by Gasteiger charge is 2.10. The van der Waals surface area contributed by atoms with Crippen LogP contribution in [0, 0.1) is 0 Å². The Balaban J connectivity index is 0.00000288. The quantitative estimate of drug-likeness (QED) is 0.799. The fraction of sp³-hybridized carbons (Fsp3) is 0.278. The van der Waals surface area contributed by atoms with E-state index in [2.05, 4.69) is 0 Å². The van der Waals surface area contributed by atoms with Crippen LogP contribution < -0.4 is 5.73 Å². The topological polar surface area (TPSA) is 63.4 Å². The fourth-order valence-corrected chi connectivity index (χ4v) is 2.86. The first kappa shape index (κ1) is 20.2. The largest absolute Gasteiger partial charge is 0.399 e. The molecular formula is C18H23ClN2O2S. The van der Waals surface area contributed by atoms with Gasteiger partial charge in [-0.15, -0.1) is 12.4 Å². The number of nitrogen functional groups attached to an aromatic ring is 1. The Morgan fingerprint density at radius 3 is 2.33 bits per heavy atom. The summed E-state index contributed by atoms with van der Waals surface area (Å²) in [7, 11) is 0.817. The summed E-state index contributed by atoms with van der Waals surface area (Å²) in [4.78, 5) is 14.7. The normalized spacial score (nSPS) is 11.4. The zero-order valence-electron chi connectivity index (χ0n) is 13.9. The van der Waals surface area contributed by atoms with Crippen molar-refractivity contribution in [3.63, 3.8) is 0 Å². The minimum Gasteiger partial charge on any atom is -0.399 e. The van der Waals surface area contributed by atoms with Crippen LogP contribution in [0.3, 0.4) is 0 Å². The van der Waals surface area contributed by atoms with Crippen molar-refractivity contribution >= 4 is 34.8 Å². The molecule has 0 aliphatic heterocycles. The predicted octanol–water partition coefficient (Wildman–Crippen LogP) is 3.02. The van der Waals surface area contributed by atoms with E-state index in [0.29, 0.717) is 19.4 Å². The molecule has 2 aromatic rings. The number of hydrogen-bond donors (Lipinski definition) is 1. The Hall–Kier alpha value is -1.85. The lowest BCUT2D eigenvalue weighted by atomic mass is 10.1. The molecule has 0 saturated carbocycles. The molecule has 0 fully saturated rings. The molecule has 0 radical (unpaired) electrons. The van der Waals surface area contributed by atoms with Gasteiger partial charge in [0.2, 0.25) is 5.91 Å². The van der Waals surface area contributed by atoms with E-state index in [4.69, 9.17) is 5.73 Å². The summed E-state index contributed by atoms with van der Waals surface area (Å²) in [6.45, 7) is 0.541. The SMILES string of the molecule is CN(Cc1ccc(S(C)=O)cc1)C(=O)CCc1ccccc1N.Cl. The van der Waals surface area contributed by atoms with Crippen molar-refractivity contribution in [1.29, 1.82) is 0 Å². The summed E-state index contributed by atoms with van der Waals surface area (Å²) in [6.07, 6.45) is 2.73. The van der Waals surface area contributed by atoms with Gasteiger partial charge in [0.15, 0.2) is 0 Å². The molecular weight excluding hydrogens is 344 g/mol. The van der Waals surface area contributed by atoms with E-state index in [0.717, 1.165) is 21.7 Å². The van der Waals surface area contributed by atoms with Gasteiger partial charge in [0, 0.05) is 47.7 Å².